The summed E-state index contributed by atoms with van der Waals surface area (Å²) in [4.78, 5) is 25.8. The molecule has 2 aromatic heterocycles. The molecule has 0 spiro atoms. The van der Waals surface area contributed by atoms with Crippen LogP contribution in [0.5, 0.6) is 0 Å². The lowest BCUT2D eigenvalue weighted by Crippen LogP contribution is -2.40. The molecule has 0 saturated carbocycles. The highest BCUT2D eigenvalue weighted by Gasteiger charge is 2.48. The van der Waals surface area contributed by atoms with Gasteiger partial charge in [-0.1, -0.05) is 13.8 Å². The fraction of sp³-hybridized carbons (Fsp3) is 0.438. The minimum absolute atomic E-state index is 0.0407. The molecule has 1 fully saturated rings. The van der Waals surface area contributed by atoms with E-state index in [0.717, 1.165) is 5.56 Å². The Labute approximate surface area is 133 Å². The molecule has 0 aliphatic carbocycles. The van der Waals surface area contributed by atoms with Crippen LogP contribution in [0.2, 0.25) is 0 Å². The number of H-pyrrole nitrogens is 1. The summed E-state index contributed by atoms with van der Waals surface area (Å²) in [5.74, 6) is -1.11. The van der Waals surface area contributed by atoms with Gasteiger partial charge in [-0.2, -0.15) is 5.10 Å². The molecule has 2 N–H and O–H groups in total. The molecule has 1 saturated heterocycles. The van der Waals surface area contributed by atoms with Gasteiger partial charge in [0.2, 0.25) is 0 Å². The number of carbonyl (C=O) groups is 2. The van der Waals surface area contributed by atoms with Crippen LogP contribution in [0.3, 0.4) is 0 Å². The lowest BCUT2D eigenvalue weighted by Gasteiger charge is -2.28. The fourth-order valence-electron chi connectivity index (χ4n) is 3.06. The number of aromatic amines is 1. The predicted molar refractivity (Wildman–Crippen MR) is 81.7 cm³/mol. The number of aromatic nitrogens is 2. The zero-order valence-electron chi connectivity index (χ0n) is 13.1. The van der Waals surface area contributed by atoms with Gasteiger partial charge in [-0.05, 0) is 24.5 Å². The standard InChI is InChI=1S/C16H19N3O4/c1-10(2)16(15(21)22)4-5-19(9-16)14(20)13-7-12(17-18-13)11-3-6-23-8-11/h3,6-8,10H,4-5,9H2,1-2H3,(H,17,18)(H,21,22). The maximum absolute atomic E-state index is 12.6. The van der Waals surface area contributed by atoms with Crippen molar-refractivity contribution in [3.05, 3.63) is 30.4 Å². The molecule has 3 rings (SSSR count). The minimum Gasteiger partial charge on any atom is -0.481 e. The highest BCUT2D eigenvalue weighted by atomic mass is 16.4. The molecular weight excluding hydrogens is 298 g/mol. The molecule has 0 radical (unpaired) electrons. The summed E-state index contributed by atoms with van der Waals surface area (Å²) in [6, 6.07) is 3.41. The summed E-state index contributed by atoms with van der Waals surface area (Å²) in [7, 11) is 0. The van der Waals surface area contributed by atoms with E-state index in [1.54, 1.807) is 23.3 Å². The number of amides is 1. The number of furan rings is 1. The van der Waals surface area contributed by atoms with Crippen LogP contribution in [-0.2, 0) is 4.79 Å². The molecule has 0 aromatic carbocycles. The maximum atomic E-state index is 12.6. The average molecular weight is 317 g/mol. The van der Waals surface area contributed by atoms with E-state index in [-0.39, 0.29) is 18.4 Å². The number of rotatable bonds is 4. The number of carboxylic acid groups (broad SMARTS) is 1. The summed E-state index contributed by atoms with van der Waals surface area (Å²) in [5, 5.41) is 16.4. The van der Waals surface area contributed by atoms with Crippen LogP contribution in [0, 0.1) is 11.3 Å². The fourth-order valence-corrected chi connectivity index (χ4v) is 3.06. The van der Waals surface area contributed by atoms with E-state index >= 15 is 0 Å². The van der Waals surface area contributed by atoms with E-state index in [0.29, 0.717) is 24.4 Å². The smallest absolute Gasteiger partial charge is 0.311 e. The van der Waals surface area contributed by atoms with E-state index in [4.69, 9.17) is 4.42 Å². The summed E-state index contributed by atoms with van der Waals surface area (Å²) in [6.07, 6.45) is 3.55. The van der Waals surface area contributed by atoms with Crippen molar-refractivity contribution in [3.63, 3.8) is 0 Å². The third kappa shape index (κ3) is 2.52. The Morgan fingerprint density at radius 2 is 2.26 bits per heavy atom. The Kier molecular flexibility index (Phi) is 3.71. The molecule has 23 heavy (non-hydrogen) atoms. The van der Waals surface area contributed by atoms with Crippen molar-refractivity contribution >= 4 is 11.9 Å². The first-order chi connectivity index (χ1) is 10.9. The summed E-state index contributed by atoms with van der Waals surface area (Å²) in [5.41, 5.74) is 0.882. The molecular formula is C16H19N3O4. The number of likely N-dealkylation sites (tertiary alicyclic amines) is 1. The maximum Gasteiger partial charge on any atom is 0.311 e. The van der Waals surface area contributed by atoms with Gasteiger partial charge in [-0.25, -0.2) is 0 Å². The van der Waals surface area contributed by atoms with E-state index in [1.165, 1.54) is 6.26 Å². The van der Waals surface area contributed by atoms with Gasteiger partial charge in [0.05, 0.1) is 23.6 Å². The molecule has 1 atom stereocenters. The van der Waals surface area contributed by atoms with Crippen LogP contribution in [-0.4, -0.2) is 45.2 Å². The van der Waals surface area contributed by atoms with Crippen molar-refractivity contribution in [1.82, 2.24) is 15.1 Å². The predicted octanol–water partition coefficient (Wildman–Crippen LogP) is 2.24. The van der Waals surface area contributed by atoms with Crippen molar-refractivity contribution in [2.75, 3.05) is 13.1 Å². The largest absolute Gasteiger partial charge is 0.481 e. The number of carboxylic acids is 1. The molecule has 3 heterocycles. The van der Waals surface area contributed by atoms with Gasteiger partial charge in [0.25, 0.3) is 5.91 Å². The molecule has 0 bridgehead atoms. The Morgan fingerprint density at radius 3 is 2.83 bits per heavy atom. The average Bonchev–Trinajstić information content (AvgIpc) is 3.25. The normalized spacial score (nSPS) is 21.1. The van der Waals surface area contributed by atoms with Gasteiger partial charge in [0, 0.05) is 18.7 Å². The molecule has 122 valence electrons. The third-order valence-corrected chi connectivity index (χ3v) is 4.74. The second-order valence-corrected chi connectivity index (χ2v) is 6.27. The van der Waals surface area contributed by atoms with Crippen LogP contribution < -0.4 is 0 Å². The zero-order valence-corrected chi connectivity index (χ0v) is 13.1. The van der Waals surface area contributed by atoms with E-state index in [1.807, 2.05) is 13.8 Å². The van der Waals surface area contributed by atoms with E-state index in [2.05, 4.69) is 10.2 Å². The Balaban J connectivity index is 1.78. The summed E-state index contributed by atoms with van der Waals surface area (Å²) < 4.78 is 5.00. The van der Waals surface area contributed by atoms with Crippen LogP contribution >= 0.6 is 0 Å². The summed E-state index contributed by atoms with van der Waals surface area (Å²) >= 11 is 0. The molecule has 2 aromatic rings. The molecule has 1 aliphatic rings. The van der Waals surface area contributed by atoms with Gasteiger partial charge in [0.15, 0.2) is 0 Å². The van der Waals surface area contributed by atoms with Gasteiger partial charge >= 0.3 is 5.97 Å². The van der Waals surface area contributed by atoms with Crippen molar-refractivity contribution < 1.29 is 19.1 Å². The highest BCUT2D eigenvalue weighted by molar-refractivity contribution is 5.94. The number of carbonyl (C=O) groups excluding carboxylic acids is 1. The van der Waals surface area contributed by atoms with Crippen molar-refractivity contribution in [2.24, 2.45) is 11.3 Å². The Bertz CT molecular complexity index is 720. The van der Waals surface area contributed by atoms with Gasteiger partial charge < -0.3 is 14.4 Å². The van der Waals surface area contributed by atoms with E-state index < -0.39 is 11.4 Å². The number of nitrogens with one attached hydrogen (secondary N) is 1. The number of nitrogens with zero attached hydrogens (tertiary/aromatic N) is 2. The second kappa shape index (κ2) is 5.57. The first-order valence-electron chi connectivity index (χ1n) is 7.55. The SMILES string of the molecule is CC(C)C1(C(=O)O)CCN(C(=O)c2cc(-c3ccoc3)n[nH]2)C1. The zero-order chi connectivity index (χ0) is 16.6. The van der Waals surface area contributed by atoms with Crippen LogP contribution in [0.1, 0.15) is 30.8 Å². The molecule has 1 unspecified atom stereocenters. The third-order valence-electron chi connectivity index (χ3n) is 4.74. The molecule has 1 amide bonds. The monoisotopic (exact) mass is 317 g/mol. The number of aliphatic carboxylic acids is 1. The van der Waals surface area contributed by atoms with Gasteiger partial charge in [-0.3, -0.25) is 14.7 Å². The lowest BCUT2D eigenvalue weighted by molar-refractivity contribution is -0.150. The van der Waals surface area contributed by atoms with Crippen LogP contribution in [0.4, 0.5) is 0 Å². The quantitative estimate of drug-likeness (QED) is 0.901. The molecule has 7 heteroatoms. The number of hydrogen-bond acceptors (Lipinski definition) is 4. The van der Waals surface area contributed by atoms with Gasteiger partial charge in [-0.15, -0.1) is 0 Å². The second-order valence-electron chi connectivity index (χ2n) is 6.27. The minimum atomic E-state index is -0.872. The summed E-state index contributed by atoms with van der Waals surface area (Å²) in [6.45, 7) is 4.42. The highest BCUT2D eigenvalue weighted by Crippen LogP contribution is 2.38. The van der Waals surface area contributed by atoms with Crippen LogP contribution in [0.25, 0.3) is 11.3 Å². The van der Waals surface area contributed by atoms with E-state index in [9.17, 15) is 14.7 Å². The van der Waals surface area contributed by atoms with Crippen molar-refractivity contribution in [1.29, 1.82) is 0 Å². The lowest BCUT2D eigenvalue weighted by atomic mass is 9.76. The molecule has 1 aliphatic heterocycles. The van der Waals surface area contributed by atoms with Crippen molar-refractivity contribution in [3.8, 4) is 11.3 Å². The molecule has 7 nitrogen and oxygen atoms in total. The first kappa shape index (κ1) is 15.3. The number of hydrogen-bond donors (Lipinski definition) is 2. The topological polar surface area (TPSA) is 99.4 Å². The first-order valence-corrected chi connectivity index (χ1v) is 7.55. The van der Waals surface area contributed by atoms with Gasteiger partial charge in [0.1, 0.15) is 5.69 Å². The Morgan fingerprint density at radius 1 is 1.48 bits per heavy atom. The Hall–Kier alpha value is -2.57. The van der Waals surface area contributed by atoms with Crippen molar-refractivity contribution in [2.45, 2.75) is 20.3 Å². The van der Waals surface area contributed by atoms with Crippen LogP contribution in [0.15, 0.2) is 29.1 Å².